The number of methoxy groups -OCH3 is 1. The molecular weight excluding hydrogens is 582 g/mol. The zero-order valence-corrected chi connectivity index (χ0v) is 26.6. The maximum absolute atomic E-state index is 14.1. The van der Waals surface area contributed by atoms with Crippen LogP contribution in [0, 0.1) is 17.3 Å². The van der Waals surface area contributed by atoms with Crippen molar-refractivity contribution < 1.29 is 37.9 Å². The molecule has 0 saturated heterocycles. The number of hydrogen-bond donors (Lipinski definition) is 4. The Bertz CT molecular complexity index is 1670. The maximum Gasteiger partial charge on any atom is 0.360 e. The molecule has 13 heteroatoms. The molecule has 0 unspecified atom stereocenters. The molecule has 1 aromatic carbocycles. The van der Waals surface area contributed by atoms with Gasteiger partial charge < -0.3 is 34.6 Å². The van der Waals surface area contributed by atoms with E-state index < -0.39 is 46.8 Å². The molecule has 0 spiro atoms. The van der Waals surface area contributed by atoms with Crippen LogP contribution in [0.25, 0.3) is 11.6 Å². The summed E-state index contributed by atoms with van der Waals surface area (Å²) in [5, 5.41) is 19.1. The normalized spacial score (nSPS) is 21.9. The first-order chi connectivity index (χ1) is 21.1. The number of anilines is 1. The van der Waals surface area contributed by atoms with Crippen LogP contribution in [0.2, 0.25) is 0 Å². The largest absolute Gasteiger partial charge is 0.464 e. The monoisotopic (exact) mass is 621 g/mol. The number of oxazole rings is 2. The van der Waals surface area contributed by atoms with Gasteiger partial charge in [0.2, 0.25) is 29.5 Å². The van der Waals surface area contributed by atoms with E-state index >= 15 is 0 Å². The molecule has 4 bridgehead atoms. The van der Waals surface area contributed by atoms with Crippen LogP contribution in [0.3, 0.4) is 0 Å². The van der Waals surface area contributed by atoms with Gasteiger partial charge in [-0.05, 0) is 34.4 Å². The van der Waals surface area contributed by atoms with Crippen LogP contribution < -0.4 is 16.0 Å². The topological polar surface area (TPSA) is 186 Å². The highest BCUT2D eigenvalue weighted by Gasteiger charge is 2.56. The van der Waals surface area contributed by atoms with E-state index in [0.717, 1.165) is 6.26 Å². The number of aliphatic hydroxyl groups excluding tert-OH is 1. The van der Waals surface area contributed by atoms with Gasteiger partial charge in [0.25, 0.3) is 0 Å². The highest BCUT2D eigenvalue weighted by Crippen LogP contribution is 2.52. The van der Waals surface area contributed by atoms with Crippen molar-refractivity contribution in [1.82, 2.24) is 20.6 Å². The second-order valence-electron chi connectivity index (χ2n) is 13.3. The lowest BCUT2D eigenvalue weighted by Gasteiger charge is -2.33. The summed E-state index contributed by atoms with van der Waals surface area (Å²) in [6.07, 6.45) is -0.102. The van der Waals surface area contributed by atoms with Crippen LogP contribution in [-0.2, 0) is 31.0 Å². The van der Waals surface area contributed by atoms with Crippen LogP contribution in [0.1, 0.15) is 87.8 Å². The summed E-state index contributed by atoms with van der Waals surface area (Å²) < 4.78 is 17.0. The molecule has 5 rings (SSSR count). The first kappa shape index (κ1) is 31.9. The lowest BCUT2D eigenvalue weighted by molar-refractivity contribution is -0.136. The summed E-state index contributed by atoms with van der Waals surface area (Å²) in [6, 6.07) is 3.40. The smallest absolute Gasteiger partial charge is 0.360 e. The first-order valence-corrected chi connectivity index (χ1v) is 14.9. The lowest BCUT2D eigenvalue weighted by atomic mass is 9.69. The Morgan fingerprint density at radius 1 is 1.16 bits per heavy atom. The van der Waals surface area contributed by atoms with Crippen molar-refractivity contribution in [3.8, 4) is 11.6 Å². The van der Waals surface area contributed by atoms with Gasteiger partial charge in [0.15, 0.2) is 17.1 Å². The molecule has 0 aliphatic carbocycles. The highest BCUT2D eigenvalue weighted by atomic mass is 16.5. The Kier molecular flexibility index (Phi) is 8.11. The average Bonchev–Trinajstić information content (AvgIpc) is 3.69. The molecule has 4 heterocycles. The number of hydrogen-bond acceptors (Lipinski definition) is 10. The number of aliphatic hydroxyl groups is 1. The fourth-order valence-corrected chi connectivity index (χ4v) is 5.91. The predicted octanol–water partition coefficient (Wildman–Crippen LogP) is 3.27. The number of ether oxygens (including phenoxy) is 1. The molecule has 3 amide bonds. The molecule has 2 aliphatic rings. The number of carbonyl (C=O) groups excluding carboxylic acids is 4. The van der Waals surface area contributed by atoms with Crippen LogP contribution in [0.4, 0.5) is 5.69 Å². The van der Waals surface area contributed by atoms with Crippen molar-refractivity contribution in [3.63, 3.8) is 0 Å². The number of benzene rings is 1. The van der Waals surface area contributed by atoms with Gasteiger partial charge in [0.1, 0.15) is 29.9 Å². The third-order valence-electron chi connectivity index (χ3n) is 8.46. The van der Waals surface area contributed by atoms with Gasteiger partial charge in [0, 0.05) is 12.1 Å². The van der Waals surface area contributed by atoms with E-state index in [2.05, 4.69) is 20.9 Å². The van der Waals surface area contributed by atoms with Gasteiger partial charge in [-0.3, -0.25) is 14.4 Å². The number of esters is 1. The average molecular weight is 622 g/mol. The van der Waals surface area contributed by atoms with Crippen molar-refractivity contribution in [2.75, 3.05) is 12.4 Å². The molecular formula is C32H39N5O8. The lowest BCUT2D eigenvalue weighted by Crippen LogP contribution is -2.53. The molecule has 0 radical (unpaired) electrons. The van der Waals surface area contributed by atoms with Crippen LogP contribution in [0.5, 0.6) is 0 Å². The van der Waals surface area contributed by atoms with Gasteiger partial charge in [-0.15, -0.1) is 0 Å². The number of fused-ring (bicyclic) bond motifs is 4. The van der Waals surface area contributed by atoms with Gasteiger partial charge in [-0.2, -0.15) is 0 Å². The SMILES string of the molecule is COC(=O)c1coc(-c2nc3oc2[C@@]2(C(C)C)C(=O)Nc4ccc(cc42)C[C@H](NC(=O)[C@@H](O)C(C)C)C(=O)N[C@H]3C(C)(C)C)n1. The number of aromatic nitrogens is 2. The van der Waals surface area contributed by atoms with E-state index in [1.807, 2.05) is 40.7 Å². The third-order valence-corrected chi connectivity index (χ3v) is 8.46. The summed E-state index contributed by atoms with van der Waals surface area (Å²) in [5.41, 5.74) is -0.299. The summed E-state index contributed by atoms with van der Waals surface area (Å²) >= 11 is 0. The fourth-order valence-electron chi connectivity index (χ4n) is 5.91. The molecule has 0 fully saturated rings. The number of nitrogens with one attached hydrogen (secondary N) is 3. The van der Waals surface area contributed by atoms with Gasteiger partial charge in [-0.25, -0.2) is 14.8 Å². The van der Waals surface area contributed by atoms with Crippen LogP contribution in [0.15, 0.2) is 33.3 Å². The molecule has 13 nitrogen and oxygen atoms in total. The van der Waals surface area contributed by atoms with Gasteiger partial charge in [0.05, 0.1) is 7.11 Å². The first-order valence-electron chi connectivity index (χ1n) is 14.9. The number of carbonyl (C=O) groups is 4. The van der Waals surface area contributed by atoms with Crippen molar-refractivity contribution in [2.24, 2.45) is 17.3 Å². The molecule has 240 valence electrons. The maximum atomic E-state index is 14.1. The number of rotatable bonds is 6. The quantitative estimate of drug-likeness (QED) is 0.298. The summed E-state index contributed by atoms with van der Waals surface area (Å²) in [6.45, 7) is 12.8. The van der Waals surface area contributed by atoms with Crippen molar-refractivity contribution in [2.45, 2.75) is 78.5 Å². The highest BCUT2D eigenvalue weighted by molar-refractivity contribution is 6.09. The molecule has 45 heavy (non-hydrogen) atoms. The van der Waals surface area contributed by atoms with Gasteiger partial charge in [-0.1, -0.05) is 60.6 Å². The molecule has 4 N–H and O–H groups in total. The number of nitrogens with zero attached hydrogens (tertiary/aromatic N) is 2. The Balaban J connectivity index is 1.77. The van der Waals surface area contributed by atoms with E-state index in [0.29, 0.717) is 16.8 Å². The van der Waals surface area contributed by atoms with Crippen LogP contribution in [-0.4, -0.2) is 58.0 Å². The number of amides is 3. The standard InChI is InChI=1S/C32H39N5O8/c1-14(2)22(38)26(40)33-19-12-16-9-10-18-17(11-16)32(15(3)4,30(42)35-18)24-21(27-34-20(13-44-27)29(41)43-8)36-28(45-24)23(31(5,6)7)37-25(19)39/h9-11,13-15,19,22-23,38H,12H2,1-8H3,(H,33,40)(H,35,42)(H,37,39)/t19-,22-,23+,32-/m0/s1. The molecule has 2 aliphatic heterocycles. The second-order valence-corrected chi connectivity index (χ2v) is 13.3. The minimum absolute atomic E-state index is 0.0699. The molecule has 4 atom stereocenters. The Morgan fingerprint density at radius 3 is 2.49 bits per heavy atom. The zero-order valence-electron chi connectivity index (χ0n) is 26.6. The van der Waals surface area contributed by atoms with Crippen molar-refractivity contribution in [1.29, 1.82) is 0 Å². The molecule has 2 aromatic heterocycles. The van der Waals surface area contributed by atoms with Crippen LogP contribution >= 0.6 is 0 Å². The van der Waals surface area contributed by atoms with E-state index in [9.17, 15) is 24.3 Å². The van der Waals surface area contributed by atoms with Crippen molar-refractivity contribution in [3.05, 3.63) is 52.9 Å². The summed E-state index contributed by atoms with van der Waals surface area (Å²) in [5.74, 6) is -2.87. The fraction of sp³-hybridized carbons (Fsp3) is 0.500. The van der Waals surface area contributed by atoms with Crippen molar-refractivity contribution >= 4 is 29.4 Å². The Hall–Kier alpha value is -4.52. The molecule has 0 saturated carbocycles. The van der Waals surface area contributed by atoms with Gasteiger partial charge >= 0.3 is 5.97 Å². The minimum Gasteiger partial charge on any atom is -0.464 e. The summed E-state index contributed by atoms with van der Waals surface area (Å²) in [4.78, 5) is 62.3. The Morgan fingerprint density at radius 2 is 1.87 bits per heavy atom. The Labute approximate surface area is 260 Å². The minimum atomic E-state index is -1.41. The zero-order chi connectivity index (χ0) is 33.0. The van der Waals surface area contributed by atoms with E-state index in [-0.39, 0.29) is 53.1 Å². The third kappa shape index (κ3) is 5.39. The predicted molar refractivity (Wildman–Crippen MR) is 161 cm³/mol. The van der Waals surface area contributed by atoms with E-state index in [1.165, 1.54) is 7.11 Å². The van der Waals surface area contributed by atoms with E-state index in [4.69, 9.17) is 18.6 Å². The molecule has 3 aromatic rings. The second kappa shape index (κ2) is 11.4. The summed E-state index contributed by atoms with van der Waals surface area (Å²) in [7, 11) is 1.22. The van der Waals surface area contributed by atoms with E-state index in [1.54, 1.807) is 26.0 Å².